The Bertz CT molecular complexity index is 4340. The fourth-order valence-corrected chi connectivity index (χ4v) is 13.8. The molecule has 12 rings (SSSR count). The molecule has 0 saturated carbocycles. The summed E-state index contributed by atoms with van der Waals surface area (Å²) in [6, 6.07) is 84.9. The van der Waals surface area contributed by atoms with Crippen molar-refractivity contribution in [1.82, 2.24) is 18.9 Å². The van der Waals surface area contributed by atoms with E-state index in [9.17, 15) is 10.5 Å². The molecular formula is C80H72B2Br2N6O2. The Kier molecular flexibility index (Phi) is 20.7. The molecule has 0 N–H and O–H groups in total. The van der Waals surface area contributed by atoms with Gasteiger partial charge in [-0.25, -0.2) is 9.97 Å². The minimum atomic E-state index is -0.549. The zero-order chi connectivity index (χ0) is 63.2. The lowest BCUT2D eigenvalue weighted by molar-refractivity contribution is 0.304. The molecule has 0 radical (unpaired) electrons. The number of rotatable bonds is 26. The molecular weight excluding hydrogens is 1260 g/mol. The van der Waals surface area contributed by atoms with Crippen LogP contribution in [0.2, 0.25) is 0 Å². The summed E-state index contributed by atoms with van der Waals surface area (Å²) in [5.74, 6) is 1.52. The van der Waals surface area contributed by atoms with Crippen LogP contribution in [-0.2, 0) is 0 Å². The zero-order valence-electron chi connectivity index (χ0n) is 52.2. The summed E-state index contributed by atoms with van der Waals surface area (Å²) >= 11 is 7.42. The molecule has 0 spiro atoms. The zero-order valence-corrected chi connectivity index (χ0v) is 55.4. The van der Waals surface area contributed by atoms with Crippen molar-refractivity contribution >= 4 is 111 Å². The van der Waals surface area contributed by atoms with Gasteiger partial charge in [-0.2, -0.15) is 10.5 Å². The summed E-state index contributed by atoms with van der Waals surface area (Å²) in [6.07, 6.45) is 13.9. The maximum Gasteiger partial charge on any atom is 0.328 e. The molecule has 0 unspecified atom stereocenters. The van der Waals surface area contributed by atoms with E-state index in [0.717, 1.165) is 123 Å². The Morgan fingerprint density at radius 3 is 1.08 bits per heavy atom. The highest BCUT2D eigenvalue weighted by Crippen LogP contribution is 2.38. The van der Waals surface area contributed by atoms with Crippen LogP contribution in [0.5, 0.6) is 11.5 Å². The number of unbranched alkanes of at least 4 members (excludes halogenated alkanes) is 10. The standard InChI is InChI=1S/C80H72B2Br2N6O2/c1-3-5-7-9-11-25-51-91-67-43-35-57(36-44-67)77-75-76(80(70(56-86)74-48-40-60-54-66(84)42-50-72(60)88-74)89(77)81(61-27-17-13-18-28-61)62-29-19-14-20-30-62)78(58-37-45-68(46-38-58)92-52-26-12-10-8-6-4-2)90(82(63-31-21-15-22-32-63)64-33-23-16-24-34-64)79(75)69(55-85)73-47-39-59-53-65(83)41-49-71(59)87-73/h13-24,27-50,53-54H,3-12,25-26,51-52H2,1-2H3/b79-69-,80-70+. The molecule has 8 nitrogen and oxygen atoms in total. The third kappa shape index (κ3) is 13.8. The van der Waals surface area contributed by atoms with Crippen molar-refractivity contribution in [2.24, 2.45) is 0 Å². The smallest absolute Gasteiger partial charge is 0.328 e. The van der Waals surface area contributed by atoms with Crippen LogP contribution in [0.1, 0.15) is 102 Å². The highest BCUT2D eigenvalue weighted by molar-refractivity contribution is 9.10. The van der Waals surface area contributed by atoms with Crippen molar-refractivity contribution in [3.63, 3.8) is 0 Å². The van der Waals surface area contributed by atoms with Gasteiger partial charge in [0.15, 0.2) is 0 Å². The lowest BCUT2D eigenvalue weighted by Crippen LogP contribution is -2.54. The summed E-state index contributed by atoms with van der Waals surface area (Å²) in [5.41, 5.74) is 10.5. The predicted octanol–water partition coefficient (Wildman–Crippen LogP) is 16.6. The fraction of sp³-hybridized carbons (Fsp3) is 0.200. The van der Waals surface area contributed by atoms with Gasteiger partial charge < -0.3 is 18.4 Å². The number of nitriles is 2. The molecule has 4 heterocycles. The van der Waals surface area contributed by atoms with E-state index in [-0.39, 0.29) is 0 Å². The third-order valence-electron chi connectivity index (χ3n) is 17.4. The highest BCUT2D eigenvalue weighted by atomic mass is 79.9. The van der Waals surface area contributed by atoms with Crippen LogP contribution < -0.4 is 42.0 Å². The number of hydrogen-bond acceptors (Lipinski definition) is 6. The number of pyridine rings is 2. The van der Waals surface area contributed by atoms with Gasteiger partial charge in [-0.3, -0.25) is 0 Å². The van der Waals surface area contributed by atoms with Crippen LogP contribution in [0.3, 0.4) is 0 Å². The minimum absolute atomic E-state index is 0.356. The molecule has 0 fully saturated rings. The summed E-state index contributed by atoms with van der Waals surface area (Å²) in [5, 5.41) is 29.7. The fourth-order valence-electron chi connectivity index (χ4n) is 13.0. The van der Waals surface area contributed by atoms with Gasteiger partial charge in [0.1, 0.15) is 34.8 Å². The Hall–Kier alpha value is -9.19. The van der Waals surface area contributed by atoms with E-state index in [4.69, 9.17) is 19.4 Å². The van der Waals surface area contributed by atoms with Crippen molar-refractivity contribution in [2.75, 3.05) is 13.2 Å². The van der Waals surface area contributed by atoms with Crippen LogP contribution in [0, 0.1) is 22.7 Å². The van der Waals surface area contributed by atoms with Crippen molar-refractivity contribution in [1.29, 1.82) is 10.5 Å². The van der Waals surface area contributed by atoms with E-state index in [1.807, 2.05) is 60.7 Å². The number of benzene rings is 8. The van der Waals surface area contributed by atoms with E-state index >= 15 is 0 Å². The largest absolute Gasteiger partial charge is 0.494 e. The van der Waals surface area contributed by atoms with E-state index in [2.05, 4.69) is 237 Å². The van der Waals surface area contributed by atoms with Gasteiger partial charge in [-0.05, 0) is 121 Å². The normalized spacial score (nSPS) is 12.0. The molecule has 0 atom stereocenters. The molecule has 0 saturated heterocycles. The Balaban J connectivity index is 1.30. The summed E-state index contributed by atoms with van der Waals surface area (Å²) in [4.78, 5) is 10.9. The molecule has 0 amide bonds. The molecule has 8 aromatic carbocycles. The molecule has 12 aromatic rings. The molecule has 454 valence electrons. The molecule has 92 heavy (non-hydrogen) atoms. The maximum absolute atomic E-state index is 12.5. The van der Waals surface area contributed by atoms with E-state index < -0.39 is 13.7 Å². The van der Waals surface area contributed by atoms with Crippen LogP contribution in [0.25, 0.3) is 66.2 Å². The molecule has 0 bridgehead atoms. The number of ether oxygens (including phenoxy) is 2. The summed E-state index contributed by atoms with van der Waals surface area (Å²) in [7, 11) is 0. The number of nitrogens with zero attached hydrogens (tertiary/aromatic N) is 6. The van der Waals surface area contributed by atoms with Crippen LogP contribution in [0.15, 0.2) is 239 Å². The van der Waals surface area contributed by atoms with Crippen molar-refractivity contribution < 1.29 is 9.47 Å². The number of halogens is 2. The Labute approximate surface area is 558 Å². The summed E-state index contributed by atoms with van der Waals surface area (Å²) in [6.45, 7) is 4.60. The van der Waals surface area contributed by atoms with E-state index in [0.29, 0.717) is 46.4 Å². The van der Waals surface area contributed by atoms with Gasteiger partial charge in [-0.15, -0.1) is 0 Å². The minimum Gasteiger partial charge on any atom is -0.494 e. The first-order valence-corrected chi connectivity index (χ1v) is 34.1. The van der Waals surface area contributed by atoms with Gasteiger partial charge in [-0.1, -0.05) is 265 Å². The number of aromatic nitrogens is 4. The Morgan fingerprint density at radius 2 is 0.739 bits per heavy atom. The predicted molar refractivity (Wildman–Crippen MR) is 390 cm³/mol. The second-order valence-electron chi connectivity index (χ2n) is 23.7. The first-order valence-electron chi connectivity index (χ1n) is 32.5. The Morgan fingerprint density at radius 1 is 0.402 bits per heavy atom. The van der Waals surface area contributed by atoms with Crippen molar-refractivity contribution in [2.45, 2.75) is 90.9 Å². The SMILES string of the molecule is CCCCCCCCOc1ccc(-c2c3/c(=C(\C#N)c4ccc5cc(Br)ccc5n4)n(B(c4ccccc4)c4ccccc4)c(-c4ccc(OCCCCCCCC)cc4)c3/c(=C(/C#N)c3ccc4cc(Br)ccc4n3)n2B(c2ccccc2)c2ccccc2)cc1. The van der Waals surface area contributed by atoms with Crippen molar-refractivity contribution in [3.05, 3.63) is 262 Å². The van der Waals surface area contributed by atoms with Crippen LogP contribution in [-0.4, -0.2) is 45.8 Å². The molecule has 4 aromatic heterocycles. The molecule has 12 heteroatoms. The van der Waals surface area contributed by atoms with Gasteiger partial charge >= 0.3 is 13.7 Å². The van der Waals surface area contributed by atoms with Gasteiger partial charge in [0.25, 0.3) is 0 Å². The molecule has 0 aliphatic heterocycles. The average molecular weight is 1330 g/mol. The van der Waals surface area contributed by atoms with Crippen LogP contribution >= 0.6 is 31.9 Å². The first-order chi connectivity index (χ1) is 45.3. The topological polar surface area (TPSA) is 102 Å². The summed E-state index contributed by atoms with van der Waals surface area (Å²) < 4.78 is 19.8. The third-order valence-corrected chi connectivity index (χ3v) is 18.4. The van der Waals surface area contributed by atoms with Gasteiger partial charge in [0.2, 0.25) is 0 Å². The van der Waals surface area contributed by atoms with Crippen LogP contribution in [0.4, 0.5) is 0 Å². The quantitative estimate of drug-likeness (QED) is 0.0395. The highest BCUT2D eigenvalue weighted by Gasteiger charge is 2.37. The van der Waals surface area contributed by atoms with Crippen molar-refractivity contribution in [3.8, 4) is 46.2 Å². The van der Waals surface area contributed by atoms with Gasteiger partial charge in [0.05, 0.1) is 46.3 Å². The lowest BCUT2D eigenvalue weighted by atomic mass is 9.50. The molecule has 0 aliphatic carbocycles. The first kappa shape index (κ1) is 63.0. The van der Waals surface area contributed by atoms with E-state index in [1.165, 1.54) is 51.4 Å². The second-order valence-corrected chi connectivity index (χ2v) is 25.5. The van der Waals surface area contributed by atoms with E-state index in [1.54, 1.807) is 0 Å². The monoisotopic (exact) mass is 1330 g/mol. The second kappa shape index (κ2) is 30.3. The lowest BCUT2D eigenvalue weighted by Gasteiger charge is -2.24. The number of hydrogen-bond donors (Lipinski definition) is 0. The van der Waals surface area contributed by atoms with Gasteiger partial charge in [0, 0.05) is 41.9 Å². The number of fused-ring (bicyclic) bond motifs is 3. The molecule has 0 aliphatic rings. The average Bonchev–Trinajstić information content (AvgIpc) is 1.52. The maximum atomic E-state index is 12.5.